The predicted molar refractivity (Wildman–Crippen MR) is 88.5 cm³/mol. The number of likely N-dealkylation sites (tertiary alicyclic amines) is 1. The van der Waals surface area contributed by atoms with Crippen molar-refractivity contribution < 1.29 is 14.7 Å². The first-order valence-corrected chi connectivity index (χ1v) is 8.56. The Labute approximate surface area is 135 Å². The van der Waals surface area contributed by atoms with Gasteiger partial charge >= 0.3 is 12.0 Å². The van der Waals surface area contributed by atoms with Crippen molar-refractivity contribution in [2.75, 3.05) is 24.7 Å². The molecule has 0 saturated carbocycles. The number of nitrogens with one attached hydrogen (secondary N) is 1. The lowest BCUT2D eigenvalue weighted by atomic mass is 9.91. The number of anilines is 1. The van der Waals surface area contributed by atoms with Crippen molar-refractivity contribution >= 4 is 29.4 Å². The Morgan fingerprint density at radius 2 is 2.09 bits per heavy atom. The van der Waals surface area contributed by atoms with Gasteiger partial charge in [0, 0.05) is 23.7 Å². The number of carboxylic acid groups (broad SMARTS) is 1. The van der Waals surface area contributed by atoms with Gasteiger partial charge in [0.25, 0.3) is 0 Å². The first-order chi connectivity index (χ1) is 10.4. The molecule has 1 aromatic carbocycles. The number of carbonyl (C=O) groups is 2. The highest BCUT2D eigenvalue weighted by Gasteiger charge is 2.32. The van der Waals surface area contributed by atoms with Crippen molar-refractivity contribution in [3.05, 3.63) is 23.8 Å². The third-order valence-electron chi connectivity index (χ3n) is 3.98. The van der Waals surface area contributed by atoms with Crippen LogP contribution in [0.25, 0.3) is 0 Å². The molecule has 0 aromatic heterocycles. The molecular formula is C16H22N2O3S. The maximum atomic E-state index is 12.4. The average Bonchev–Trinajstić information content (AvgIpc) is 2.48. The maximum absolute atomic E-state index is 12.4. The molecule has 0 radical (unpaired) electrons. The van der Waals surface area contributed by atoms with Gasteiger partial charge in [-0.3, -0.25) is 4.79 Å². The molecular weight excluding hydrogens is 300 g/mol. The van der Waals surface area contributed by atoms with Crippen LogP contribution in [-0.4, -0.2) is 41.4 Å². The molecule has 1 heterocycles. The molecule has 2 rings (SSSR count). The van der Waals surface area contributed by atoms with Gasteiger partial charge < -0.3 is 15.3 Å². The molecule has 2 amide bonds. The Morgan fingerprint density at radius 3 is 2.73 bits per heavy atom. The normalized spacial score (nSPS) is 21.5. The highest BCUT2D eigenvalue weighted by molar-refractivity contribution is 7.98. The molecule has 1 fully saturated rings. The number of piperidine rings is 1. The first-order valence-electron chi connectivity index (χ1n) is 7.34. The number of carboxylic acids is 1. The number of aliphatic carboxylic acids is 1. The topological polar surface area (TPSA) is 69.6 Å². The zero-order valence-corrected chi connectivity index (χ0v) is 13.9. The highest BCUT2D eigenvalue weighted by Crippen LogP contribution is 2.25. The number of nitrogens with zero attached hydrogens (tertiary/aromatic N) is 1. The molecule has 0 bridgehead atoms. The van der Waals surface area contributed by atoms with E-state index in [-0.39, 0.29) is 18.5 Å². The number of urea groups is 1. The van der Waals surface area contributed by atoms with E-state index in [2.05, 4.69) is 5.32 Å². The third kappa shape index (κ3) is 3.94. The summed E-state index contributed by atoms with van der Waals surface area (Å²) in [6.07, 6.45) is 2.61. The molecule has 1 aliphatic heterocycles. The fraction of sp³-hybridized carbons (Fsp3) is 0.500. The van der Waals surface area contributed by atoms with Gasteiger partial charge in [0.05, 0.1) is 5.92 Å². The number of carbonyl (C=O) groups excluding carboxylic acids is 1. The molecule has 1 saturated heterocycles. The maximum Gasteiger partial charge on any atom is 0.321 e. The van der Waals surface area contributed by atoms with Gasteiger partial charge in [0.15, 0.2) is 0 Å². The fourth-order valence-corrected chi connectivity index (χ4v) is 3.19. The molecule has 22 heavy (non-hydrogen) atoms. The number of hydrogen-bond acceptors (Lipinski definition) is 3. The lowest BCUT2D eigenvalue weighted by Crippen LogP contribution is -2.47. The number of amides is 2. The minimum Gasteiger partial charge on any atom is -0.481 e. The molecule has 2 N–H and O–H groups in total. The van der Waals surface area contributed by atoms with Crippen LogP contribution in [-0.2, 0) is 4.79 Å². The second-order valence-corrected chi connectivity index (χ2v) is 6.77. The van der Waals surface area contributed by atoms with Gasteiger partial charge in [-0.05, 0) is 43.2 Å². The smallest absolute Gasteiger partial charge is 0.321 e. The van der Waals surface area contributed by atoms with Crippen LogP contribution in [0.15, 0.2) is 23.1 Å². The third-order valence-corrected chi connectivity index (χ3v) is 4.71. The van der Waals surface area contributed by atoms with E-state index < -0.39 is 11.9 Å². The first kappa shape index (κ1) is 16.7. The molecule has 0 aliphatic carbocycles. The monoisotopic (exact) mass is 322 g/mol. The summed E-state index contributed by atoms with van der Waals surface area (Å²) in [6.45, 7) is 4.79. The quantitative estimate of drug-likeness (QED) is 0.838. The van der Waals surface area contributed by atoms with Crippen LogP contribution >= 0.6 is 11.8 Å². The second kappa shape index (κ2) is 7.05. The van der Waals surface area contributed by atoms with Crippen LogP contribution in [0.2, 0.25) is 0 Å². The van der Waals surface area contributed by atoms with E-state index in [1.165, 1.54) is 0 Å². The molecule has 5 nitrogen and oxygen atoms in total. The summed E-state index contributed by atoms with van der Waals surface area (Å²) >= 11 is 1.62. The van der Waals surface area contributed by atoms with E-state index in [0.717, 1.165) is 16.1 Å². The zero-order chi connectivity index (χ0) is 16.3. The Kier molecular flexibility index (Phi) is 5.34. The van der Waals surface area contributed by atoms with E-state index in [0.29, 0.717) is 13.0 Å². The number of rotatable bonds is 3. The molecule has 2 atom stereocenters. The van der Waals surface area contributed by atoms with Crippen molar-refractivity contribution in [3.63, 3.8) is 0 Å². The van der Waals surface area contributed by atoms with Crippen molar-refractivity contribution in [1.82, 2.24) is 4.90 Å². The van der Waals surface area contributed by atoms with Crippen molar-refractivity contribution in [3.8, 4) is 0 Å². The lowest BCUT2D eigenvalue weighted by molar-refractivity contribution is -0.143. The van der Waals surface area contributed by atoms with E-state index in [1.54, 1.807) is 16.7 Å². The number of aryl methyl sites for hydroxylation is 1. The fourth-order valence-electron chi connectivity index (χ4n) is 2.75. The summed E-state index contributed by atoms with van der Waals surface area (Å²) in [5.74, 6) is -1.11. The molecule has 1 aromatic rings. The Balaban J connectivity index is 2.09. The summed E-state index contributed by atoms with van der Waals surface area (Å²) in [7, 11) is 0. The zero-order valence-electron chi connectivity index (χ0n) is 13.1. The van der Waals surface area contributed by atoms with E-state index in [4.69, 9.17) is 0 Å². The van der Waals surface area contributed by atoms with Crippen LogP contribution in [0, 0.1) is 18.8 Å². The van der Waals surface area contributed by atoms with Gasteiger partial charge in [-0.25, -0.2) is 4.79 Å². The summed E-state index contributed by atoms with van der Waals surface area (Å²) in [4.78, 5) is 26.3. The Hall–Kier alpha value is -1.69. The predicted octanol–water partition coefficient (Wildman–Crippen LogP) is 3.29. The van der Waals surface area contributed by atoms with Gasteiger partial charge in [-0.1, -0.05) is 13.0 Å². The van der Waals surface area contributed by atoms with Gasteiger partial charge in [0.1, 0.15) is 0 Å². The largest absolute Gasteiger partial charge is 0.481 e. The average molecular weight is 322 g/mol. The Bertz CT molecular complexity index is 577. The lowest BCUT2D eigenvalue weighted by Gasteiger charge is -2.34. The number of hydrogen-bond donors (Lipinski definition) is 2. The van der Waals surface area contributed by atoms with Crippen molar-refractivity contribution in [1.29, 1.82) is 0 Å². The molecule has 1 aliphatic rings. The SMILES string of the molecule is CSc1ccc(C)c(NC(=O)N2CC(C)CC(C(=O)O)C2)c1. The van der Waals surface area contributed by atoms with Gasteiger partial charge in [0.2, 0.25) is 0 Å². The van der Waals surface area contributed by atoms with Crippen LogP contribution in [0.3, 0.4) is 0 Å². The minimum absolute atomic E-state index is 0.194. The number of benzene rings is 1. The summed E-state index contributed by atoms with van der Waals surface area (Å²) in [5, 5.41) is 12.1. The van der Waals surface area contributed by atoms with Gasteiger partial charge in [-0.2, -0.15) is 0 Å². The van der Waals surface area contributed by atoms with E-state index in [1.807, 2.05) is 38.3 Å². The minimum atomic E-state index is -0.829. The summed E-state index contributed by atoms with van der Waals surface area (Å²) in [6, 6.07) is 5.71. The van der Waals surface area contributed by atoms with Crippen molar-refractivity contribution in [2.45, 2.75) is 25.2 Å². The molecule has 0 spiro atoms. The van der Waals surface area contributed by atoms with Crippen LogP contribution in [0.4, 0.5) is 10.5 Å². The standard InChI is InChI=1S/C16H22N2O3S/c1-10-6-12(15(19)20)9-18(8-10)16(21)17-14-7-13(22-3)5-4-11(14)2/h4-5,7,10,12H,6,8-9H2,1-3H3,(H,17,21)(H,19,20). The van der Waals surface area contributed by atoms with E-state index >= 15 is 0 Å². The molecule has 6 heteroatoms. The van der Waals surface area contributed by atoms with Crippen LogP contribution in [0.1, 0.15) is 18.9 Å². The highest BCUT2D eigenvalue weighted by atomic mass is 32.2. The Morgan fingerprint density at radius 1 is 1.36 bits per heavy atom. The summed E-state index contributed by atoms with van der Waals surface area (Å²) in [5.41, 5.74) is 1.77. The number of thioether (sulfide) groups is 1. The van der Waals surface area contributed by atoms with Crippen molar-refractivity contribution in [2.24, 2.45) is 11.8 Å². The second-order valence-electron chi connectivity index (χ2n) is 5.89. The van der Waals surface area contributed by atoms with Gasteiger partial charge in [-0.15, -0.1) is 11.8 Å². The molecule has 2 unspecified atom stereocenters. The van der Waals surface area contributed by atoms with Crippen LogP contribution < -0.4 is 5.32 Å². The molecule has 120 valence electrons. The summed E-state index contributed by atoms with van der Waals surface area (Å²) < 4.78 is 0. The van der Waals surface area contributed by atoms with Crippen LogP contribution in [0.5, 0.6) is 0 Å². The van der Waals surface area contributed by atoms with E-state index in [9.17, 15) is 14.7 Å².